The molecule has 0 aliphatic heterocycles. The summed E-state index contributed by atoms with van der Waals surface area (Å²) < 4.78 is 0. The Morgan fingerprint density at radius 3 is 2.50 bits per heavy atom. The van der Waals surface area contributed by atoms with Crippen molar-refractivity contribution in [1.29, 1.82) is 0 Å². The fraction of sp³-hybridized carbons (Fsp3) is 0.412. The summed E-state index contributed by atoms with van der Waals surface area (Å²) in [5.74, 6) is 0. The van der Waals surface area contributed by atoms with E-state index in [1.54, 1.807) is 0 Å². The first-order chi connectivity index (χ1) is 8.75. The molecule has 3 rings (SSSR count). The molecule has 0 unspecified atom stereocenters. The lowest BCUT2D eigenvalue weighted by Gasteiger charge is -2.24. The fourth-order valence-electron chi connectivity index (χ4n) is 3.02. The van der Waals surface area contributed by atoms with Gasteiger partial charge in [0.15, 0.2) is 0 Å². The molecule has 18 heavy (non-hydrogen) atoms. The molecule has 1 nitrogen and oxygen atoms in total. The van der Waals surface area contributed by atoms with Crippen molar-refractivity contribution >= 4 is 16.5 Å². The number of anilines is 1. The van der Waals surface area contributed by atoms with Gasteiger partial charge in [-0.05, 0) is 41.2 Å². The van der Waals surface area contributed by atoms with Gasteiger partial charge in [-0.1, -0.05) is 50.1 Å². The number of nitrogens with one attached hydrogen (secondary N) is 1. The maximum Gasteiger partial charge on any atom is 0.0346 e. The predicted octanol–water partition coefficient (Wildman–Crippen LogP) is 4.83. The molecule has 1 aliphatic rings. The molecule has 1 fully saturated rings. The molecule has 0 aromatic heterocycles. The maximum atomic E-state index is 3.62. The molecule has 0 atom stereocenters. The highest BCUT2D eigenvalue weighted by atomic mass is 14.9. The molecular weight excluding hydrogens is 218 g/mol. The number of hydrogen-bond acceptors (Lipinski definition) is 1. The van der Waals surface area contributed by atoms with Crippen LogP contribution in [0.3, 0.4) is 0 Å². The zero-order chi connectivity index (χ0) is 12.4. The summed E-state index contributed by atoms with van der Waals surface area (Å²) in [4.78, 5) is 0. The molecule has 1 heteroatoms. The maximum absolute atomic E-state index is 3.62. The highest BCUT2D eigenvalue weighted by molar-refractivity contribution is 5.85. The van der Waals surface area contributed by atoms with Gasteiger partial charge in [0.2, 0.25) is 0 Å². The summed E-state index contributed by atoms with van der Waals surface area (Å²) in [6.45, 7) is 3.51. The summed E-state index contributed by atoms with van der Waals surface area (Å²) in [6, 6.07) is 15.2. The molecule has 0 saturated heterocycles. The molecule has 1 aliphatic carbocycles. The van der Waals surface area contributed by atoms with E-state index in [9.17, 15) is 0 Å². The Hall–Kier alpha value is -1.50. The fourth-order valence-corrected chi connectivity index (χ4v) is 3.02. The van der Waals surface area contributed by atoms with E-state index in [1.165, 1.54) is 42.1 Å². The smallest absolute Gasteiger partial charge is 0.0346 e. The van der Waals surface area contributed by atoms with Crippen molar-refractivity contribution in [3.05, 3.63) is 42.5 Å². The summed E-state index contributed by atoms with van der Waals surface area (Å²) in [6.07, 6.45) is 5.53. The monoisotopic (exact) mass is 239 g/mol. The van der Waals surface area contributed by atoms with Crippen molar-refractivity contribution in [2.45, 2.75) is 32.6 Å². The van der Waals surface area contributed by atoms with Gasteiger partial charge in [-0.3, -0.25) is 0 Å². The van der Waals surface area contributed by atoms with Crippen LogP contribution in [0.15, 0.2) is 42.5 Å². The standard InChI is InChI=1S/C17H21N/c1-17(10-4-5-11-17)13-18-16-9-8-14-6-2-3-7-15(14)12-16/h2-3,6-9,12,18H,4-5,10-11,13H2,1H3. The lowest BCUT2D eigenvalue weighted by Crippen LogP contribution is -2.22. The first-order valence-electron chi connectivity index (χ1n) is 6.98. The van der Waals surface area contributed by atoms with Crippen LogP contribution in [0.1, 0.15) is 32.6 Å². The molecular formula is C17H21N. The summed E-state index contributed by atoms with van der Waals surface area (Å²) in [5.41, 5.74) is 1.76. The topological polar surface area (TPSA) is 12.0 Å². The average Bonchev–Trinajstić information content (AvgIpc) is 2.84. The van der Waals surface area contributed by atoms with Crippen LogP contribution in [0.2, 0.25) is 0 Å². The second kappa shape index (κ2) is 4.64. The van der Waals surface area contributed by atoms with Crippen LogP contribution >= 0.6 is 0 Å². The van der Waals surface area contributed by atoms with Crippen LogP contribution in [0.25, 0.3) is 10.8 Å². The van der Waals surface area contributed by atoms with E-state index in [2.05, 4.69) is 54.7 Å². The third kappa shape index (κ3) is 2.35. The van der Waals surface area contributed by atoms with E-state index >= 15 is 0 Å². The van der Waals surface area contributed by atoms with E-state index in [4.69, 9.17) is 0 Å². The number of fused-ring (bicyclic) bond motifs is 1. The molecule has 2 aromatic rings. The molecule has 1 saturated carbocycles. The highest BCUT2D eigenvalue weighted by Gasteiger charge is 2.28. The van der Waals surface area contributed by atoms with Gasteiger partial charge in [0, 0.05) is 12.2 Å². The SMILES string of the molecule is CC1(CNc2ccc3ccccc3c2)CCCC1. The summed E-state index contributed by atoms with van der Waals surface area (Å²) in [7, 11) is 0. The van der Waals surface area contributed by atoms with E-state index < -0.39 is 0 Å². The van der Waals surface area contributed by atoms with Crippen LogP contribution in [0, 0.1) is 5.41 Å². The minimum absolute atomic E-state index is 0.506. The second-order valence-corrected chi connectivity index (χ2v) is 5.93. The third-order valence-corrected chi connectivity index (χ3v) is 4.28. The van der Waals surface area contributed by atoms with Gasteiger partial charge in [0.25, 0.3) is 0 Å². The number of hydrogen-bond donors (Lipinski definition) is 1. The van der Waals surface area contributed by atoms with Crippen molar-refractivity contribution in [2.24, 2.45) is 5.41 Å². The van der Waals surface area contributed by atoms with Crippen LogP contribution < -0.4 is 5.32 Å². The molecule has 0 bridgehead atoms. The van der Waals surface area contributed by atoms with Crippen molar-refractivity contribution in [1.82, 2.24) is 0 Å². The van der Waals surface area contributed by atoms with Crippen molar-refractivity contribution in [3.63, 3.8) is 0 Å². The van der Waals surface area contributed by atoms with Gasteiger partial charge >= 0.3 is 0 Å². The van der Waals surface area contributed by atoms with Gasteiger partial charge in [0.1, 0.15) is 0 Å². The van der Waals surface area contributed by atoms with Crippen molar-refractivity contribution < 1.29 is 0 Å². The van der Waals surface area contributed by atoms with E-state index in [-0.39, 0.29) is 0 Å². The third-order valence-electron chi connectivity index (χ3n) is 4.28. The normalized spacial score (nSPS) is 18.1. The molecule has 1 N–H and O–H groups in total. The van der Waals surface area contributed by atoms with Crippen LogP contribution in [-0.4, -0.2) is 6.54 Å². The van der Waals surface area contributed by atoms with Gasteiger partial charge < -0.3 is 5.32 Å². The van der Waals surface area contributed by atoms with E-state index in [0.717, 1.165) is 6.54 Å². The number of benzene rings is 2. The zero-order valence-corrected chi connectivity index (χ0v) is 11.1. The van der Waals surface area contributed by atoms with Crippen LogP contribution in [0.4, 0.5) is 5.69 Å². The Labute approximate surface area is 109 Å². The summed E-state index contributed by atoms with van der Waals surface area (Å²) >= 11 is 0. The highest BCUT2D eigenvalue weighted by Crippen LogP contribution is 2.37. The molecule has 0 radical (unpaired) electrons. The van der Waals surface area contributed by atoms with E-state index in [0.29, 0.717) is 5.41 Å². The predicted molar refractivity (Wildman–Crippen MR) is 79.0 cm³/mol. The first-order valence-corrected chi connectivity index (χ1v) is 6.98. The lowest BCUT2D eigenvalue weighted by atomic mass is 9.89. The average molecular weight is 239 g/mol. The van der Waals surface area contributed by atoms with Gasteiger partial charge in [0.05, 0.1) is 0 Å². The molecule has 0 spiro atoms. The Balaban J connectivity index is 1.74. The van der Waals surface area contributed by atoms with Crippen LogP contribution in [0.5, 0.6) is 0 Å². The van der Waals surface area contributed by atoms with Gasteiger partial charge in [-0.15, -0.1) is 0 Å². The Kier molecular flexibility index (Phi) is 2.99. The molecule has 0 heterocycles. The quantitative estimate of drug-likeness (QED) is 0.808. The molecule has 94 valence electrons. The van der Waals surface area contributed by atoms with Gasteiger partial charge in [-0.25, -0.2) is 0 Å². The second-order valence-electron chi connectivity index (χ2n) is 5.93. The van der Waals surface area contributed by atoms with Crippen molar-refractivity contribution in [2.75, 3.05) is 11.9 Å². The van der Waals surface area contributed by atoms with Crippen LogP contribution in [-0.2, 0) is 0 Å². The largest absolute Gasteiger partial charge is 0.384 e. The molecule has 2 aromatic carbocycles. The first kappa shape index (κ1) is 11.6. The summed E-state index contributed by atoms with van der Waals surface area (Å²) in [5, 5.41) is 6.25. The Morgan fingerprint density at radius 2 is 1.72 bits per heavy atom. The van der Waals surface area contributed by atoms with Gasteiger partial charge in [-0.2, -0.15) is 0 Å². The Morgan fingerprint density at radius 1 is 1.00 bits per heavy atom. The number of rotatable bonds is 3. The molecule has 0 amide bonds. The lowest BCUT2D eigenvalue weighted by molar-refractivity contribution is 0.362. The van der Waals surface area contributed by atoms with E-state index in [1.807, 2.05) is 0 Å². The van der Waals surface area contributed by atoms with Crippen molar-refractivity contribution in [3.8, 4) is 0 Å². The minimum Gasteiger partial charge on any atom is -0.384 e. The zero-order valence-electron chi connectivity index (χ0n) is 11.1. The Bertz CT molecular complexity index is 538. The minimum atomic E-state index is 0.506.